The van der Waals surface area contributed by atoms with Crippen molar-refractivity contribution in [2.24, 2.45) is 11.8 Å². The molecule has 0 bridgehead atoms. The van der Waals surface area contributed by atoms with Gasteiger partial charge in [-0.1, -0.05) is 32.8 Å². The molecule has 1 aromatic rings. The number of rotatable bonds is 8. The summed E-state index contributed by atoms with van der Waals surface area (Å²) in [5.41, 5.74) is 0.523. The second-order valence-electron chi connectivity index (χ2n) is 7.17. The Balaban J connectivity index is 1.84. The van der Waals surface area contributed by atoms with Crippen LogP contribution in [0.1, 0.15) is 38.7 Å². The third kappa shape index (κ3) is 7.03. The molecule has 1 aromatic carbocycles. The van der Waals surface area contributed by atoms with Crippen molar-refractivity contribution >= 4 is 18.0 Å². The van der Waals surface area contributed by atoms with E-state index in [4.69, 9.17) is 9.47 Å². The number of hydrogen-bond donors (Lipinski definition) is 1. The first-order valence-corrected chi connectivity index (χ1v) is 9.57. The van der Waals surface area contributed by atoms with Crippen LogP contribution in [0.5, 0.6) is 11.5 Å². The summed E-state index contributed by atoms with van der Waals surface area (Å²) in [5.74, 6) is -0.0737. The molecule has 6 nitrogen and oxygen atoms in total. The molecule has 0 aliphatic heterocycles. The first-order chi connectivity index (χ1) is 13.8. The number of methoxy groups -OCH3 is 1. The fourth-order valence-corrected chi connectivity index (χ4v) is 3.36. The lowest BCUT2D eigenvalue weighted by Gasteiger charge is -2.34. The number of ether oxygens (including phenoxy) is 3. The normalized spacial score (nSPS) is 21.8. The zero-order valence-corrected chi connectivity index (χ0v) is 16.8. The fourth-order valence-electron chi connectivity index (χ4n) is 3.36. The summed E-state index contributed by atoms with van der Waals surface area (Å²) in [6.45, 7) is 0.974. The summed E-state index contributed by atoms with van der Waals surface area (Å²) in [7, 11) is 1.32. The number of carbonyl (C=O) groups is 2. The van der Waals surface area contributed by atoms with E-state index in [-0.39, 0.29) is 30.1 Å². The first-order valence-electron chi connectivity index (χ1n) is 9.57. The number of esters is 1. The van der Waals surface area contributed by atoms with Gasteiger partial charge in [-0.25, -0.2) is 4.79 Å². The molecule has 3 atom stereocenters. The predicted octanol–water partition coefficient (Wildman–Crippen LogP) is 3.79. The van der Waals surface area contributed by atoms with Gasteiger partial charge in [0.1, 0.15) is 0 Å². The molecule has 2 rings (SSSR count). The van der Waals surface area contributed by atoms with Crippen LogP contribution in [0.25, 0.3) is 6.08 Å². The molecule has 1 N–H and O–H groups in total. The Morgan fingerprint density at radius 2 is 2.00 bits per heavy atom. The number of amides is 1. The van der Waals surface area contributed by atoms with E-state index >= 15 is 0 Å². The van der Waals surface area contributed by atoms with Gasteiger partial charge in [0.15, 0.2) is 18.1 Å². The third-order valence-electron chi connectivity index (χ3n) is 5.21. The number of nitrogens with one attached hydrogen (secondary N) is 1. The molecular weight excluding hydrogens is 384 g/mol. The highest BCUT2D eigenvalue weighted by molar-refractivity contribution is 5.89. The molecule has 0 spiro atoms. The number of carbonyl (C=O) groups excluding carboxylic acids is 2. The maximum atomic E-state index is 12.3. The Kier molecular flexibility index (Phi) is 8.42. The summed E-state index contributed by atoms with van der Waals surface area (Å²) >= 11 is 0. The van der Waals surface area contributed by atoms with Gasteiger partial charge in [0.25, 0.3) is 5.91 Å². The number of alkyl halides is 2. The van der Waals surface area contributed by atoms with Gasteiger partial charge < -0.3 is 19.5 Å². The van der Waals surface area contributed by atoms with Gasteiger partial charge in [0, 0.05) is 12.1 Å². The Bertz CT molecular complexity index is 738. The zero-order valence-electron chi connectivity index (χ0n) is 16.8. The van der Waals surface area contributed by atoms with Crippen molar-refractivity contribution in [3.63, 3.8) is 0 Å². The molecule has 160 valence electrons. The van der Waals surface area contributed by atoms with Crippen LogP contribution in [0.3, 0.4) is 0 Å². The molecule has 1 saturated carbocycles. The second-order valence-corrected chi connectivity index (χ2v) is 7.17. The molecule has 8 heteroatoms. The van der Waals surface area contributed by atoms with Crippen molar-refractivity contribution in [3.05, 3.63) is 29.8 Å². The molecule has 0 radical (unpaired) electrons. The molecule has 0 saturated heterocycles. The van der Waals surface area contributed by atoms with Crippen molar-refractivity contribution in [1.29, 1.82) is 0 Å². The van der Waals surface area contributed by atoms with Gasteiger partial charge in [-0.2, -0.15) is 8.78 Å². The van der Waals surface area contributed by atoms with E-state index in [2.05, 4.69) is 23.9 Å². The highest BCUT2D eigenvalue weighted by atomic mass is 19.3. The largest absolute Gasteiger partial charge is 0.493 e. The maximum absolute atomic E-state index is 12.3. The Morgan fingerprint density at radius 1 is 1.24 bits per heavy atom. The van der Waals surface area contributed by atoms with Crippen LogP contribution in [0, 0.1) is 11.8 Å². The molecule has 1 fully saturated rings. The van der Waals surface area contributed by atoms with E-state index in [9.17, 15) is 18.4 Å². The van der Waals surface area contributed by atoms with Crippen molar-refractivity contribution in [3.8, 4) is 11.5 Å². The van der Waals surface area contributed by atoms with Crippen LogP contribution < -0.4 is 14.8 Å². The summed E-state index contributed by atoms with van der Waals surface area (Å²) in [5, 5.41) is 2.93. The van der Waals surface area contributed by atoms with E-state index in [1.807, 2.05) is 0 Å². The number of halogens is 2. The highest BCUT2D eigenvalue weighted by Crippen LogP contribution is 2.30. The van der Waals surface area contributed by atoms with Gasteiger partial charge in [0.2, 0.25) is 0 Å². The number of benzene rings is 1. The van der Waals surface area contributed by atoms with Gasteiger partial charge in [-0.3, -0.25) is 4.79 Å². The minimum Gasteiger partial charge on any atom is -0.493 e. The summed E-state index contributed by atoms with van der Waals surface area (Å²) in [6.07, 6.45) is 5.75. The van der Waals surface area contributed by atoms with E-state index < -0.39 is 12.6 Å². The van der Waals surface area contributed by atoms with Crippen LogP contribution in [0.4, 0.5) is 8.78 Å². The minimum absolute atomic E-state index is 0.0990. The maximum Gasteiger partial charge on any atom is 0.387 e. The molecular formula is C21H27F2NO5. The zero-order chi connectivity index (χ0) is 21.4. The van der Waals surface area contributed by atoms with Crippen molar-refractivity contribution in [2.45, 2.75) is 45.8 Å². The molecule has 29 heavy (non-hydrogen) atoms. The standard InChI is InChI=1S/C21H27F2NO5/c1-13-5-4-6-16(14(13)2)24-19(25)12-28-20(26)10-8-15-7-9-17(29-21(22)23)18(11-15)27-3/h7-11,13-14,16,21H,4-6,12H2,1-3H3,(H,24,25)/b10-8+. The van der Waals surface area contributed by atoms with Crippen molar-refractivity contribution < 1.29 is 32.6 Å². The third-order valence-corrected chi connectivity index (χ3v) is 5.21. The van der Waals surface area contributed by atoms with Crippen LogP contribution in [-0.4, -0.2) is 38.2 Å². The highest BCUT2D eigenvalue weighted by Gasteiger charge is 2.28. The van der Waals surface area contributed by atoms with E-state index in [0.29, 0.717) is 17.4 Å². The second kappa shape index (κ2) is 10.8. The smallest absolute Gasteiger partial charge is 0.387 e. The van der Waals surface area contributed by atoms with E-state index in [0.717, 1.165) is 25.3 Å². The number of hydrogen-bond acceptors (Lipinski definition) is 5. The average molecular weight is 411 g/mol. The van der Waals surface area contributed by atoms with Gasteiger partial charge >= 0.3 is 12.6 Å². The molecule has 1 aliphatic rings. The summed E-state index contributed by atoms with van der Waals surface area (Å²) < 4.78 is 39.0. The Hall–Kier alpha value is -2.64. The topological polar surface area (TPSA) is 73.9 Å². The van der Waals surface area contributed by atoms with Gasteiger partial charge in [-0.15, -0.1) is 0 Å². The summed E-state index contributed by atoms with van der Waals surface area (Å²) in [6, 6.07) is 4.35. The molecule has 1 amide bonds. The van der Waals surface area contributed by atoms with E-state index in [1.54, 1.807) is 0 Å². The fraction of sp³-hybridized carbons (Fsp3) is 0.524. The van der Waals surface area contributed by atoms with Crippen molar-refractivity contribution in [1.82, 2.24) is 5.32 Å². The van der Waals surface area contributed by atoms with Gasteiger partial charge in [-0.05, 0) is 42.0 Å². The van der Waals surface area contributed by atoms with Crippen LogP contribution >= 0.6 is 0 Å². The molecule has 3 unspecified atom stereocenters. The molecule has 0 heterocycles. The first kappa shape index (κ1) is 22.6. The Labute approximate surface area is 169 Å². The predicted molar refractivity (Wildman–Crippen MR) is 104 cm³/mol. The van der Waals surface area contributed by atoms with E-state index in [1.165, 1.54) is 31.4 Å². The lowest BCUT2D eigenvalue weighted by molar-refractivity contribution is -0.144. The van der Waals surface area contributed by atoms with Crippen LogP contribution in [0.15, 0.2) is 24.3 Å². The Morgan fingerprint density at radius 3 is 2.69 bits per heavy atom. The van der Waals surface area contributed by atoms with Crippen LogP contribution in [-0.2, 0) is 14.3 Å². The van der Waals surface area contributed by atoms with Crippen molar-refractivity contribution in [2.75, 3.05) is 13.7 Å². The molecule has 0 aromatic heterocycles. The van der Waals surface area contributed by atoms with Gasteiger partial charge in [0.05, 0.1) is 7.11 Å². The molecule has 1 aliphatic carbocycles. The average Bonchev–Trinajstić information content (AvgIpc) is 2.68. The quantitative estimate of drug-likeness (QED) is 0.520. The minimum atomic E-state index is -2.97. The van der Waals surface area contributed by atoms with Crippen LogP contribution in [0.2, 0.25) is 0 Å². The lowest BCUT2D eigenvalue weighted by Crippen LogP contribution is -2.45. The summed E-state index contributed by atoms with van der Waals surface area (Å²) in [4.78, 5) is 23.9. The lowest BCUT2D eigenvalue weighted by atomic mass is 9.78. The SMILES string of the molecule is COc1cc(/C=C/C(=O)OCC(=O)NC2CCCC(C)C2C)ccc1OC(F)F. The monoisotopic (exact) mass is 411 g/mol.